The van der Waals surface area contributed by atoms with Gasteiger partial charge in [0, 0.05) is 5.69 Å². The average Bonchev–Trinajstić information content (AvgIpc) is 2.52. The SMILES string of the molecule is COc1c(Cl)cc(C(=O)OCC(=O)Nc2cccc(C)c2)cc1Cl. The van der Waals surface area contributed by atoms with Gasteiger partial charge in [-0.25, -0.2) is 4.79 Å². The molecule has 0 unspecified atom stereocenters. The van der Waals surface area contributed by atoms with Gasteiger partial charge in [-0.3, -0.25) is 4.79 Å². The molecule has 0 spiro atoms. The van der Waals surface area contributed by atoms with E-state index in [2.05, 4.69) is 5.32 Å². The number of anilines is 1. The van der Waals surface area contributed by atoms with Crippen LogP contribution in [-0.2, 0) is 9.53 Å². The minimum atomic E-state index is -0.708. The summed E-state index contributed by atoms with van der Waals surface area (Å²) in [5.41, 5.74) is 1.77. The molecule has 2 aromatic carbocycles. The second-order valence-corrected chi connectivity index (χ2v) is 5.78. The van der Waals surface area contributed by atoms with Crippen LogP contribution in [0, 0.1) is 6.92 Å². The van der Waals surface area contributed by atoms with E-state index in [4.69, 9.17) is 32.7 Å². The van der Waals surface area contributed by atoms with Crippen molar-refractivity contribution in [1.82, 2.24) is 0 Å². The first-order valence-electron chi connectivity index (χ1n) is 6.97. The molecule has 7 heteroatoms. The van der Waals surface area contributed by atoms with Gasteiger partial charge in [-0.15, -0.1) is 0 Å². The first-order chi connectivity index (χ1) is 11.4. The number of methoxy groups -OCH3 is 1. The highest BCUT2D eigenvalue weighted by Gasteiger charge is 2.15. The number of esters is 1. The summed E-state index contributed by atoms with van der Waals surface area (Å²) in [6.07, 6.45) is 0. The quantitative estimate of drug-likeness (QED) is 0.807. The van der Waals surface area contributed by atoms with Crippen molar-refractivity contribution in [3.63, 3.8) is 0 Å². The predicted molar refractivity (Wildman–Crippen MR) is 93.1 cm³/mol. The molecule has 0 fully saturated rings. The Morgan fingerprint density at radius 3 is 2.38 bits per heavy atom. The highest BCUT2D eigenvalue weighted by Crippen LogP contribution is 2.33. The van der Waals surface area contributed by atoms with Crippen molar-refractivity contribution in [3.05, 3.63) is 57.6 Å². The number of amides is 1. The molecule has 126 valence electrons. The first kappa shape index (κ1) is 18.1. The highest BCUT2D eigenvalue weighted by atomic mass is 35.5. The highest BCUT2D eigenvalue weighted by molar-refractivity contribution is 6.37. The zero-order valence-electron chi connectivity index (χ0n) is 13.1. The topological polar surface area (TPSA) is 64.6 Å². The van der Waals surface area contributed by atoms with E-state index >= 15 is 0 Å². The van der Waals surface area contributed by atoms with Crippen molar-refractivity contribution in [2.75, 3.05) is 19.0 Å². The first-order valence-corrected chi connectivity index (χ1v) is 7.73. The molecule has 0 saturated heterocycles. The normalized spacial score (nSPS) is 10.2. The van der Waals surface area contributed by atoms with Crippen molar-refractivity contribution in [2.45, 2.75) is 6.92 Å². The number of aryl methyl sites for hydroxylation is 1. The van der Waals surface area contributed by atoms with Gasteiger partial charge in [0.15, 0.2) is 12.4 Å². The molecular weight excluding hydrogens is 353 g/mol. The van der Waals surface area contributed by atoms with Gasteiger partial charge in [-0.1, -0.05) is 35.3 Å². The molecule has 1 amide bonds. The molecule has 1 N–H and O–H groups in total. The molecule has 0 aliphatic carbocycles. The molecule has 24 heavy (non-hydrogen) atoms. The summed E-state index contributed by atoms with van der Waals surface area (Å²) in [5.74, 6) is -0.882. The molecule has 0 aromatic heterocycles. The standard InChI is InChI=1S/C17H15Cl2NO4/c1-10-4-3-5-12(6-10)20-15(21)9-24-17(22)11-7-13(18)16(23-2)14(19)8-11/h3-8H,9H2,1-2H3,(H,20,21). The molecule has 0 atom stereocenters. The summed E-state index contributed by atoms with van der Waals surface area (Å²) in [5, 5.41) is 3.01. The number of halogens is 2. The summed E-state index contributed by atoms with van der Waals surface area (Å²) in [6, 6.07) is 10.0. The van der Waals surface area contributed by atoms with E-state index in [1.54, 1.807) is 6.07 Å². The minimum Gasteiger partial charge on any atom is -0.494 e. The van der Waals surface area contributed by atoms with Gasteiger partial charge >= 0.3 is 5.97 Å². The summed E-state index contributed by atoms with van der Waals surface area (Å²) >= 11 is 11.9. The van der Waals surface area contributed by atoms with Crippen LogP contribution < -0.4 is 10.1 Å². The van der Waals surface area contributed by atoms with E-state index in [9.17, 15) is 9.59 Å². The molecule has 2 rings (SSSR count). The van der Waals surface area contributed by atoms with Crippen LogP contribution in [0.2, 0.25) is 10.0 Å². The largest absolute Gasteiger partial charge is 0.494 e. The van der Waals surface area contributed by atoms with Gasteiger partial charge in [0.2, 0.25) is 0 Å². The van der Waals surface area contributed by atoms with Crippen molar-refractivity contribution in [1.29, 1.82) is 0 Å². The summed E-state index contributed by atoms with van der Waals surface area (Å²) in [6.45, 7) is 1.49. The average molecular weight is 368 g/mol. The van der Waals surface area contributed by atoms with Gasteiger partial charge in [0.05, 0.1) is 22.7 Å². The summed E-state index contributed by atoms with van der Waals surface area (Å²) in [4.78, 5) is 23.8. The lowest BCUT2D eigenvalue weighted by Crippen LogP contribution is -2.21. The maximum Gasteiger partial charge on any atom is 0.338 e. The zero-order valence-corrected chi connectivity index (χ0v) is 14.6. The van der Waals surface area contributed by atoms with Gasteiger partial charge in [0.1, 0.15) is 0 Å². The van der Waals surface area contributed by atoms with Crippen molar-refractivity contribution < 1.29 is 19.1 Å². The number of hydrogen-bond acceptors (Lipinski definition) is 4. The fourth-order valence-corrected chi connectivity index (χ4v) is 2.65. The van der Waals surface area contributed by atoms with E-state index in [0.717, 1.165) is 5.56 Å². The number of carbonyl (C=O) groups excluding carboxylic acids is 2. The van der Waals surface area contributed by atoms with Crippen LogP contribution in [0.1, 0.15) is 15.9 Å². The second kappa shape index (κ2) is 8.04. The molecule has 0 saturated carbocycles. The van der Waals surface area contributed by atoms with Gasteiger partial charge in [-0.2, -0.15) is 0 Å². The predicted octanol–water partition coefficient (Wildman–Crippen LogP) is 4.11. The van der Waals surface area contributed by atoms with Crippen LogP contribution >= 0.6 is 23.2 Å². The Bertz CT molecular complexity index is 754. The molecule has 0 radical (unpaired) electrons. The van der Waals surface area contributed by atoms with E-state index in [0.29, 0.717) is 5.69 Å². The lowest BCUT2D eigenvalue weighted by molar-refractivity contribution is -0.119. The summed E-state index contributed by atoms with van der Waals surface area (Å²) in [7, 11) is 1.42. The molecular formula is C17H15Cl2NO4. The van der Waals surface area contributed by atoms with Crippen LogP contribution in [0.4, 0.5) is 5.69 Å². The van der Waals surface area contributed by atoms with E-state index < -0.39 is 18.5 Å². The lowest BCUT2D eigenvalue weighted by atomic mass is 10.2. The second-order valence-electron chi connectivity index (χ2n) is 4.97. The third kappa shape index (κ3) is 4.63. The van der Waals surface area contributed by atoms with Crippen molar-refractivity contribution in [3.8, 4) is 5.75 Å². The smallest absolute Gasteiger partial charge is 0.338 e. The summed E-state index contributed by atoms with van der Waals surface area (Å²) < 4.78 is 9.97. The number of hydrogen-bond donors (Lipinski definition) is 1. The zero-order chi connectivity index (χ0) is 17.7. The van der Waals surface area contributed by atoms with Crippen LogP contribution in [0.15, 0.2) is 36.4 Å². The third-order valence-electron chi connectivity index (χ3n) is 3.07. The number of nitrogens with one attached hydrogen (secondary N) is 1. The lowest BCUT2D eigenvalue weighted by Gasteiger charge is -2.09. The number of benzene rings is 2. The molecule has 0 aliphatic rings. The Balaban J connectivity index is 1.96. The fourth-order valence-electron chi connectivity index (χ4n) is 2.01. The Morgan fingerprint density at radius 2 is 1.79 bits per heavy atom. The third-order valence-corrected chi connectivity index (χ3v) is 3.64. The van der Waals surface area contributed by atoms with Crippen molar-refractivity contribution >= 4 is 40.8 Å². The van der Waals surface area contributed by atoms with Gasteiger partial charge in [0.25, 0.3) is 5.91 Å². The molecule has 0 bridgehead atoms. The molecule has 2 aromatic rings. The fraction of sp³-hybridized carbons (Fsp3) is 0.176. The maximum absolute atomic E-state index is 12.0. The van der Waals surface area contributed by atoms with Gasteiger partial charge < -0.3 is 14.8 Å². The van der Waals surface area contributed by atoms with Crippen LogP contribution in [0.3, 0.4) is 0 Å². The van der Waals surface area contributed by atoms with Crippen LogP contribution in [0.5, 0.6) is 5.75 Å². The molecule has 0 aliphatic heterocycles. The van der Waals surface area contributed by atoms with Crippen molar-refractivity contribution in [2.24, 2.45) is 0 Å². The van der Waals surface area contributed by atoms with E-state index in [1.165, 1.54) is 19.2 Å². The van der Waals surface area contributed by atoms with Crippen LogP contribution in [-0.4, -0.2) is 25.6 Å². The number of ether oxygens (including phenoxy) is 2. The Hall–Kier alpha value is -2.24. The molecule has 0 heterocycles. The maximum atomic E-state index is 12.0. The minimum absolute atomic E-state index is 0.133. The monoisotopic (exact) mass is 367 g/mol. The van der Waals surface area contributed by atoms with E-state index in [1.807, 2.05) is 25.1 Å². The van der Waals surface area contributed by atoms with Gasteiger partial charge in [-0.05, 0) is 36.8 Å². The van der Waals surface area contributed by atoms with Crippen LogP contribution in [0.25, 0.3) is 0 Å². The Morgan fingerprint density at radius 1 is 1.12 bits per heavy atom. The number of carbonyl (C=O) groups is 2. The number of rotatable bonds is 5. The van der Waals surface area contributed by atoms with E-state index in [-0.39, 0.29) is 21.4 Å². The Kier molecular flexibility index (Phi) is 6.06. The Labute approximate surface area is 149 Å². The molecule has 5 nitrogen and oxygen atoms in total.